The smallest absolute Gasteiger partial charge is 0.233 e. The SMILES string of the molecule is O=C(CSc1nnnn1-c1ccc(Cl)cc1)N(C1CCCC1)C1CCS(=O)(=O)C1. The van der Waals surface area contributed by atoms with Crippen molar-refractivity contribution in [3.63, 3.8) is 0 Å². The first kappa shape index (κ1) is 20.6. The van der Waals surface area contributed by atoms with Crippen molar-refractivity contribution in [2.75, 3.05) is 17.3 Å². The Morgan fingerprint density at radius 2 is 1.90 bits per heavy atom. The van der Waals surface area contributed by atoms with E-state index in [-0.39, 0.29) is 35.2 Å². The molecule has 8 nitrogen and oxygen atoms in total. The van der Waals surface area contributed by atoms with E-state index in [9.17, 15) is 13.2 Å². The molecule has 0 bridgehead atoms. The Morgan fingerprint density at radius 1 is 1.17 bits per heavy atom. The Labute approximate surface area is 178 Å². The number of hydrogen-bond acceptors (Lipinski definition) is 7. The number of amides is 1. The van der Waals surface area contributed by atoms with Crippen LogP contribution in [0.4, 0.5) is 0 Å². The summed E-state index contributed by atoms with van der Waals surface area (Å²) < 4.78 is 25.5. The van der Waals surface area contributed by atoms with Crippen LogP contribution < -0.4 is 0 Å². The number of carbonyl (C=O) groups is 1. The lowest BCUT2D eigenvalue weighted by atomic mass is 10.1. The van der Waals surface area contributed by atoms with E-state index in [4.69, 9.17) is 11.6 Å². The molecule has 0 spiro atoms. The molecule has 11 heteroatoms. The fourth-order valence-electron chi connectivity index (χ4n) is 4.10. The number of carbonyl (C=O) groups excluding carboxylic acids is 1. The van der Waals surface area contributed by atoms with Crippen molar-refractivity contribution in [3.05, 3.63) is 29.3 Å². The minimum atomic E-state index is -3.06. The summed E-state index contributed by atoms with van der Waals surface area (Å²) in [5.74, 6) is 0.356. The summed E-state index contributed by atoms with van der Waals surface area (Å²) in [4.78, 5) is 15.0. The third-order valence-electron chi connectivity index (χ3n) is 5.44. The second kappa shape index (κ2) is 8.61. The summed E-state index contributed by atoms with van der Waals surface area (Å²) in [5.41, 5.74) is 0.754. The average molecular weight is 456 g/mol. The number of halogens is 1. The molecule has 1 aromatic carbocycles. The van der Waals surface area contributed by atoms with Gasteiger partial charge in [-0.15, -0.1) is 5.10 Å². The van der Waals surface area contributed by atoms with Gasteiger partial charge in [-0.3, -0.25) is 4.79 Å². The van der Waals surface area contributed by atoms with Crippen LogP contribution in [0.3, 0.4) is 0 Å². The maximum absolute atomic E-state index is 13.1. The number of nitrogens with zero attached hydrogens (tertiary/aromatic N) is 5. The van der Waals surface area contributed by atoms with Crippen molar-refractivity contribution < 1.29 is 13.2 Å². The number of benzene rings is 1. The van der Waals surface area contributed by atoms with Gasteiger partial charge in [0.25, 0.3) is 0 Å². The van der Waals surface area contributed by atoms with Gasteiger partial charge in [-0.05, 0) is 54.0 Å². The van der Waals surface area contributed by atoms with Crippen molar-refractivity contribution in [2.45, 2.75) is 49.3 Å². The molecule has 2 aromatic rings. The molecule has 2 heterocycles. The third-order valence-corrected chi connectivity index (χ3v) is 8.35. The average Bonchev–Trinajstić information content (AvgIpc) is 3.43. The molecule has 1 aromatic heterocycles. The molecule has 0 N–H and O–H groups in total. The fourth-order valence-corrected chi connectivity index (χ4v) is 6.69. The van der Waals surface area contributed by atoms with E-state index >= 15 is 0 Å². The molecule has 4 rings (SSSR count). The van der Waals surface area contributed by atoms with Crippen molar-refractivity contribution in [1.29, 1.82) is 0 Å². The highest BCUT2D eigenvalue weighted by Gasteiger charge is 2.39. The number of aromatic nitrogens is 4. The van der Waals surface area contributed by atoms with Crippen LogP contribution in [0, 0.1) is 0 Å². The molecule has 1 unspecified atom stereocenters. The van der Waals surface area contributed by atoms with Gasteiger partial charge < -0.3 is 4.90 Å². The van der Waals surface area contributed by atoms with E-state index in [1.165, 1.54) is 11.8 Å². The zero-order valence-electron chi connectivity index (χ0n) is 15.8. The first-order chi connectivity index (χ1) is 13.9. The van der Waals surface area contributed by atoms with Crippen molar-refractivity contribution in [3.8, 4) is 5.69 Å². The lowest BCUT2D eigenvalue weighted by molar-refractivity contribution is -0.132. The van der Waals surface area contributed by atoms with Crippen LogP contribution >= 0.6 is 23.4 Å². The third kappa shape index (κ3) is 4.75. The maximum atomic E-state index is 13.1. The maximum Gasteiger partial charge on any atom is 0.233 e. The van der Waals surface area contributed by atoms with Crippen LogP contribution in [-0.4, -0.2) is 68.8 Å². The van der Waals surface area contributed by atoms with E-state index in [2.05, 4.69) is 15.5 Å². The minimum Gasteiger partial charge on any atom is -0.335 e. The van der Waals surface area contributed by atoms with Gasteiger partial charge in [0, 0.05) is 17.1 Å². The second-order valence-corrected chi connectivity index (χ2v) is 11.0. The molecule has 2 fully saturated rings. The molecule has 0 radical (unpaired) electrons. The van der Waals surface area contributed by atoms with Gasteiger partial charge >= 0.3 is 0 Å². The molecule has 2 aliphatic rings. The summed E-state index contributed by atoms with van der Waals surface area (Å²) in [6.45, 7) is 0. The monoisotopic (exact) mass is 455 g/mol. The van der Waals surface area contributed by atoms with Gasteiger partial charge in [0.1, 0.15) is 0 Å². The Morgan fingerprint density at radius 3 is 2.55 bits per heavy atom. The number of thioether (sulfide) groups is 1. The normalized spacial score (nSPS) is 21.5. The molecule has 1 aliphatic heterocycles. The second-order valence-electron chi connectivity index (χ2n) is 7.43. The van der Waals surface area contributed by atoms with Gasteiger partial charge in [-0.1, -0.05) is 36.2 Å². The first-order valence-corrected chi connectivity index (χ1v) is 12.8. The number of hydrogen-bond donors (Lipinski definition) is 0. The van der Waals surface area contributed by atoms with Crippen molar-refractivity contribution >= 4 is 39.1 Å². The van der Waals surface area contributed by atoms with Crippen molar-refractivity contribution in [1.82, 2.24) is 25.1 Å². The Kier molecular flexibility index (Phi) is 6.12. The Bertz CT molecular complexity index is 974. The number of sulfone groups is 1. The van der Waals surface area contributed by atoms with Crippen LogP contribution in [0.1, 0.15) is 32.1 Å². The van der Waals surface area contributed by atoms with Gasteiger partial charge in [0.05, 0.1) is 22.9 Å². The standard InChI is InChI=1S/C18H22ClN5O3S2/c19-13-5-7-15(8-6-13)24-18(20-21-22-24)28-11-17(25)23(14-3-1-2-4-14)16-9-10-29(26,27)12-16/h5-8,14,16H,1-4,9-12H2. The molecule has 29 heavy (non-hydrogen) atoms. The zero-order valence-corrected chi connectivity index (χ0v) is 18.2. The Hall–Kier alpha value is -1.65. The van der Waals surface area contributed by atoms with E-state index in [1.54, 1.807) is 28.9 Å². The van der Waals surface area contributed by atoms with E-state index in [0.717, 1.165) is 31.4 Å². The van der Waals surface area contributed by atoms with Crippen LogP contribution in [0.5, 0.6) is 0 Å². The predicted molar refractivity (Wildman–Crippen MR) is 111 cm³/mol. The number of rotatable bonds is 6. The first-order valence-electron chi connectivity index (χ1n) is 9.62. The highest BCUT2D eigenvalue weighted by Crippen LogP contribution is 2.30. The predicted octanol–water partition coefficient (Wildman–Crippen LogP) is 2.37. The molecule has 1 aliphatic carbocycles. The minimum absolute atomic E-state index is 0.0466. The summed E-state index contributed by atoms with van der Waals surface area (Å²) in [6, 6.07) is 7.02. The lowest BCUT2D eigenvalue weighted by Gasteiger charge is -2.34. The summed E-state index contributed by atoms with van der Waals surface area (Å²) in [5, 5.41) is 12.9. The lowest BCUT2D eigenvalue weighted by Crippen LogP contribution is -2.47. The highest BCUT2D eigenvalue weighted by atomic mass is 35.5. The highest BCUT2D eigenvalue weighted by molar-refractivity contribution is 7.99. The topological polar surface area (TPSA) is 98.1 Å². The van der Waals surface area contributed by atoms with Gasteiger partial charge in [0.2, 0.25) is 11.1 Å². The van der Waals surface area contributed by atoms with E-state index in [0.29, 0.717) is 16.6 Å². The zero-order chi connectivity index (χ0) is 20.4. The van der Waals surface area contributed by atoms with Crippen molar-refractivity contribution in [2.24, 2.45) is 0 Å². The van der Waals surface area contributed by atoms with Gasteiger partial charge in [0.15, 0.2) is 9.84 Å². The quantitative estimate of drug-likeness (QED) is 0.616. The molecular weight excluding hydrogens is 434 g/mol. The number of tetrazole rings is 1. The van der Waals surface area contributed by atoms with Gasteiger partial charge in [-0.25, -0.2) is 8.42 Å². The largest absolute Gasteiger partial charge is 0.335 e. The molecule has 1 saturated carbocycles. The Balaban J connectivity index is 1.47. The fraction of sp³-hybridized carbons (Fsp3) is 0.556. The van der Waals surface area contributed by atoms with Crippen LogP contribution in [-0.2, 0) is 14.6 Å². The van der Waals surface area contributed by atoms with E-state index in [1.807, 2.05) is 4.90 Å². The molecular formula is C18H22ClN5O3S2. The van der Waals surface area contributed by atoms with Crippen LogP contribution in [0.2, 0.25) is 5.02 Å². The van der Waals surface area contributed by atoms with Gasteiger partial charge in [-0.2, -0.15) is 4.68 Å². The van der Waals surface area contributed by atoms with Crippen LogP contribution in [0.25, 0.3) is 5.69 Å². The summed E-state index contributed by atoms with van der Waals surface area (Å²) >= 11 is 7.20. The summed E-state index contributed by atoms with van der Waals surface area (Å²) in [6.07, 6.45) is 4.56. The molecule has 156 valence electrons. The molecule has 1 atom stereocenters. The van der Waals surface area contributed by atoms with Crippen LogP contribution in [0.15, 0.2) is 29.4 Å². The molecule has 1 saturated heterocycles. The summed E-state index contributed by atoms with van der Waals surface area (Å²) in [7, 11) is -3.06. The van der Waals surface area contributed by atoms with E-state index < -0.39 is 9.84 Å². The molecule has 1 amide bonds.